The van der Waals surface area contributed by atoms with Crippen LogP contribution in [0.15, 0.2) is 12.4 Å². The number of nitrogens with zero attached hydrogens (tertiary/aromatic N) is 2. The van der Waals surface area contributed by atoms with E-state index in [1.54, 1.807) is 10.9 Å². The highest BCUT2D eigenvalue weighted by Gasteiger charge is 2.04. The van der Waals surface area contributed by atoms with Crippen LogP contribution in [0.2, 0.25) is 0 Å². The Morgan fingerprint density at radius 2 is 2.50 bits per heavy atom. The maximum Gasteiger partial charge on any atom is 0.109 e. The Morgan fingerprint density at radius 1 is 1.75 bits per heavy atom. The molecule has 0 spiro atoms. The molecular formula is C8H14FN3. The number of aryl methyl sites for hydroxylation is 1. The van der Waals surface area contributed by atoms with Gasteiger partial charge in [-0.15, -0.1) is 0 Å². The molecule has 1 aromatic heterocycles. The fourth-order valence-electron chi connectivity index (χ4n) is 0.979. The van der Waals surface area contributed by atoms with Crippen LogP contribution in [0, 0.1) is 0 Å². The van der Waals surface area contributed by atoms with Crippen molar-refractivity contribution < 1.29 is 4.39 Å². The average Bonchev–Trinajstić information content (AvgIpc) is 2.52. The minimum atomic E-state index is -0.366. The third-order valence-electron chi connectivity index (χ3n) is 1.90. The van der Waals surface area contributed by atoms with E-state index in [0.29, 0.717) is 6.54 Å². The van der Waals surface area contributed by atoms with Gasteiger partial charge in [-0.25, -0.2) is 4.39 Å². The molecule has 0 bridgehead atoms. The van der Waals surface area contributed by atoms with Gasteiger partial charge < -0.3 is 5.32 Å². The molecule has 12 heavy (non-hydrogen) atoms. The summed E-state index contributed by atoms with van der Waals surface area (Å²) in [6.45, 7) is 2.02. The van der Waals surface area contributed by atoms with Crippen molar-refractivity contribution >= 4 is 0 Å². The Hall–Kier alpha value is -0.900. The Kier molecular flexibility index (Phi) is 3.22. The summed E-state index contributed by atoms with van der Waals surface area (Å²) < 4.78 is 13.5. The summed E-state index contributed by atoms with van der Waals surface area (Å²) in [6.07, 6.45) is 3.62. The molecule has 0 fully saturated rings. The molecule has 1 aromatic rings. The van der Waals surface area contributed by atoms with Crippen molar-refractivity contribution in [1.82, 2.24) is 15.1 Å². The van der Waals surface area contributed by atoms with Crippen molar-refractivity contribution in [3.63, 3.8) is 0 Å². The van der Waals surface area contributed by atoms with Crippen molar-refractivity contribution in [1.29, 1.82) is 0 Å². The predicted molar refractivity (Wildman–Crippen MR) is 45.7 cm³/mol. The summed E-state index contributed by atoms with van der Waals surface area (Å²) in [6, 6.07) is 0.276. The summed E-state index contributed by atoms with van der Waals surface area (Å²) in [4.78, 5) is 0. The van der Waals surface area contributed by atoms with Gasteiger partial charge >= 0.3 is 0 Å². The number of aromatic nitrogens is 2. The molecule has 0 aromatic carbocycles. The largest absolute Gasteiger partial charge is 0.313 e. The molecule has 0 aliphatic heterocycles. The molecule has 68 valence electrons. The van der Waals surface area contributed by atoms with Gasteiger partial charge in [0.25, 0.3) is 0 Å². The van der Waals surface area contributed by atoms with Crippen molar-refractivity contribution in [2.45, 2.75) is 19.5 Å². The molecule has 3 nitrogen and oxygen atoms in total. The highest BCUT2D eigenvalue weighted by atomic mass is 19.1. The topological polar surface area (TPSA) is 29.9 Å². The second-order valence-corrected chi connectivity index (χ2v) is 2.74. The van der Waals surface area contributed by atoms with Gasteiger partial charge in [0.2, 0.25) is 0 Å². The average molecular weight is 171 g/mol. The zero-order valence-electron chi connectivity index (χ0n) is 7.42. The molecule has 1 rings (SSSR count). The molecule has 0 aliphatic rings. The van der Waals surface area contributed by atoms with Crippen molar-refractivity contribution in [3.8, 4) is 0 Å². The van der Waals surface area contributed by atoms with Gasteiger partial charge in [-0.3, -0.25) is 4.68 Å². The highest BCUT2D eigenvalue weighted by Crippen LogP contribution is 2.09. The van der Waals surface area contributed by atoms with E-state index < -0.39 is 0 Å². The fourth-order valence-corrected chi connectivity index (χ4v) is 0.979. The Balaban J connectivity index is 2.63. The van der Waals surface area contributed by atoms with E-state index in [1.165, 1.54) is 0 Å². The van der Waals surface area contributed by atoms with Crippen molar-refractivity contribution in [2.75, 3.05) is 13.7 Å². The van der Waals surface area contributed by atoms with Crippen LogP contribution in [0.4, 0.5) is 4.39 Å². The molecule has 0 radical (unpaired) electrons. The Morgan fingerprint density at radius 3 is 3.08 bits per heavy atom. The van der Waals surface area contributed by atoms with Crippen molar-refractivity contribution in [3.05, 3.63) is 18.0 Å². The number of hydrogen-bond acceptors (Lipinski definition) is 2. The van der Waals surface area contributed by atoms with Crippen LogP contribution in [-0.4, -0.2) is 23.5 Å². The first-order valence-electron chi connectivity index (χ1n) is 4.03. The van der Waals surface area contributed by atoms with E-state index in [0.717, 1.165) is 5.56 Å². The first-order chi connectivity index (χ1) is 5.77. The standard InChI is InChI=1S/C8H14FN3/c1-7(10-2)8-5-11-12(6-8)4-3-9/h5-7,10H,3-4H2,1-2H3. The lowest BCUT2D eigenvalue weighted by molar-refractivity contribution is 0.427. The summed E-state index contributed by atoms with van der Waals surface area (Å²) in [5.41, 5.74) is 1.09. The van der Waals surface area contributed by atoms with Gasteiger partial charge in [0.15, 0.2) is 0 Å². The number of rotatable bonds is 4. The Bertz CT molecular complexity index is 234. The predicted octanol–water partition coefficient (Wildman–Crippen LogP) is 1.13. The molecule has 0 aliphatic carbocycles. The lowest BCUT2D eigenvalue weighted by Crippen LogP contribution is -2.11. The highest BCUT2D eigenvalue weighted by molar-refractivity contribution is 5.08. The molecule has 1 N–H and O–H groups in total. The van der Waals surface area contributed by atoms with Crippen LogP contribution in [0.25, 0.3) is 0 Å². The molecule has 1 heterocycles. The van der Waals surface area contributed by atoms with E-state index in [9.17, 15) is 4.39 Å². The van der Waals surface area contributed by atoms with Gasteiger partial charge in [0.1, 0.15) is 6.67 Å². The number of alkyl halides is 1. The molecule has 0 amide bonds. The minimum Gasteiger partial charge on any atom is -0.313 e. The zero-order chi connectivity index (χ0) is 8.97. The molecule has 1 atom stereocenters. The van der Waals surface area contributed by atoms with Crippen LogP contribution < -0.4 is 5.32 Å². The van der Waals surface area contributed by atoms with Gasteiger partial charge in [-0.1, -0.05) is 0 Å². The van der Waals surface area contributed by atoms with Crippen molar-refractivity contribution in [2.24, 2.45) is 0 Å². The van der Waals surface area contributed by atoms with Gasteiger partial charge in [0.05, 0.1) is 12.7 Å². The lowest BCUT2D eigenvalue weighted by Gasteiger charge is -2.05. The first kappa shape index (κ1) is 9.19. The van der Waals surface area contributed by atoms with E-state index in [1.807, 2.05) is 20.2 Å². The van der Waals surface area contributed by atoms with E-state index in [2.05, 4.69) is 10.4 Å². The normalized spacial score (nSPS) is 13.2. The minimum absolute atomic E-state index is 0.276. The van der Waals surface area contributed by atoms with Crippen LogP contribution in [-0.2, 0) is 6.54 Å². The van der Waals surface area contributed by atoms with Gasteiger partial charge in [-0.2, -0.15) is 5.10 Å². The smallest absolute Gasteiger partial charge is 0.109 e. The summed E-state index contributed by atoms with van der Waals surface area (Å²) >= 11 is 0. The Labute approximate surface area is 71.6 Å². The van der Waals surface area contributed by atoms with E-state index >= 15 is 0 Å². The van der Waals surface area contributed by atoms with Crippen LogP contribution >= 0.6 is 0 Å². The number of hydrogen-bond donors (Lipinski definition) is 1. The third kappa shape index (κ3) is 2.04. The van der Waals surface area contributed by atoms with Gasteiger partial charge in [0, 0.05) is 17.8 Å². The van der Waals surface area contributed by atoms with Gasteiger partial charge in [-0.05, 0) is 14.0 Å². The second-order valence-electron chi connectivity index (χ2n) is 2.74. The fraction of sp³-hybridized carbons (Fsp3) is 0.625. The van der Waals surface area contributed by atoms with Crippen LogP contribution in [0.5, 0.6) is 0 Å². The summed E-state index contributed by atoms with van der Waals surface area (Å²) in [5.74, 6) is 0. The molecular weight excluding hydrogens is 157 g/mol. The summed E-state index contributed by atoms with van der Waals surface area (Å²) in [7, 11) is 1.89. The van der Waals surface area contributed by atoms with E-state index in [4.69, 9.17) is 0 Å². The zero-order valence-corrected chi connectivity index (χ0v) is 7.42. The van der Waals surface area contributed by atoms with Crippen LogP contribution in [0.1, 0.15) is 18.5 Å². The molecule has 4 heteroatoms. The molecule has 0 saturated heterocycles. The quantitative estimate of drug-likeness (QED) is 0.736. The monoisotopic (exact) mass is 171 g/mol. The SMILES string of the molecule is CNC(C)c1cnn(CCF)c1. The molecule has 1 unspecified atom stereocenters. The number of nitrogens with one attached hydrogen (secondary N) is 1. The maximum absolute atomic E-state index is 11.9. The number of halogens is 1. The lowest BCUT2D eigenvalue weighted by atomic mass is 10.2. The summed E-state index contributed by atoms with van der Waals surface area (Å²) in [5, 5.41) is 7.10. The second kappa shape index (κ2) is 4.21. The van der Waals surface area contributed by atoms with Crippen LogP contribution in [0.3, 0.4) is 0 Å². The first-order valence-corrected chi connectivity index (χ1v) is 4.03. The maximum atomic E-state index is 11.9. The third-order valence-corrected chi connectivity index (χ3v) is 1.90. The molecule has 0 saturated carbocycles. The van der Waals surface area contributed by atoms with E-state index in [-0.39, 0.29) is 12.7 Å².